The molecule has 1 fully saturated rings. The van der Waals surface area contributed by atoms with Gasteiger partial charge in [0.25, 0.3) is 0 Å². The van der Waals surface area contributed by atoms with Crippen molar-refractivity contribution in [1.29, 1.82) is 0 Å². The summed E-state index contributed by atoms with van der Waals surface area (Å²) in [6.45, 7) is 4.42. The normalized spacial score (nSPS) is 30.4. The van der Waals surface area contributed by atoms with E-state index < -0.39 is 0 Å². The Labute approximate surface area is 86.3 Å². The van der Waals surface area contributed by atoms with E-state index in [0.717, 1.165) is 12.8 Å². The first-order valence-corrected chi connectivity index (χ1v) is 5.51. The fraction of sp³-hybridized carbons (Fsp3) is 0.538. The average molecular weight is 189 g/mol. The van der Waals surface area contributed by atoms with Crippen molar-refractivity contribution < 1.29 is 0 Å². The van der Waals surface area contributed by atoms with Crippen LogP contribution in [0.1, 0.15) is 31.4 Å². The van der Waals surface area contributed by atoms with E-state index in [2.05, 4.69) is 38.1 Å². The summed E-state index contributed by atoms with van der Waals surface area (Å²) in [5.41, 5.74) is 9.09. The van der Waals surface area contributed by atoms with Crippen LogP contribution < -0.4 is 5.73 Å². The van der Waals surface area contributed by atoms with Gasteiger partial charge >= 0.3 is 0 Å². The van der Waals surface area contributed by atoms with Gasteiger partial charge in [0.15, 0.2) is 0 Å². The zero-order valence-electron chi connectivity index (χ0n) is 9.09. The molecule has 0 radical (unpaired) electrons. The summed E-state index contributed by atoms with van der Waals surface area (Å²) in [6, 6.07) is 8.87. The second kappa shape index (κ2) is 3.39. The molecule has 14 heavy (non-hydrogen) atoms. The van der Waals surface area contributed by atoms with Gasteiger partial charge in [0.05, 0.1) is 0 Å². The summed E-state index contributed by atoms with van der Waals surface area (Å²) in [5.74, 6) is 0.702. The van der Waals surface area contributed by atoms with Gasteiger partial charge in [-0.05, 0) is 36.3 Å². The number of rotatable bonds is 3. The Bertz CT molecular complexity index is 315. The van der Waals surface area contributed by atoms with E-state index in [-0.39, 0.29) is 5.54 Å². The standard InChI is InChI=1S/C13H19N/c1-3-11-4-6-12(7-5-11)9-13(14)8-10(13)2/h4-7,10H,3,8-9,14H2,1-2H3. The highest BCUT2D eigenvalue weighted by molar-refractivity contribution is 5.26. The lowest BCUT2D eigenvalue weighted by atomic mass is 10.0. The molecule has 1 aromatic carbocycles. The van der Waals surface area contributed by atoms with Gasteiger partial charge in [-0.1, -0.05) is 38.1 Å². The number of hydrogen-bond donors (Lipinski definition) is 1. The van der Waals surface area contributed by atoms with Crippen LogP contribution in [-0.2, 0) is 12.8 Å². The summed E-state index contributed by atoms with van der Waals surface area (Å²) < 4.78 is 0. The van der Waals surface area contributed by atoms with Gasteiger partial charge in [-0.15, -0.1) is 0 Å². The number of nitrogens with two attached hydrogens (primary N) is 1. The molecule has 0 saturated heterocycles. The van der Waals surface area contributed by atoms with Gasteiger partial charge in [0.1, 0.15) is 0 Å². The molecule has 76 valence electrons. The summed E-state index contributed by atoms with van der Waals surface area (Å²) in [4.78, 5) is 0. The van der Waals surface area contributed by atoms with Crippen molar-refractivity contribution in [3.63, 3.8) is 0 Å². The molecule has 1 saturated carbocycles. The molecule has 2 unspecified atom stereocenters. The third-order valence-corrected chi connectivity index (χ3v) is 3.47. The molecule has 1 aromatic rings. The quantitative estimate of drug-likeness (QED) is 0.777. The highest BCUT2D eigenvalue weighted by Gasteiger charge is 2.46. The summed E-state index contributed by atoms with van der Waals surface area (Å²) in [5, 5.41) is 0. The Morgan fingerprint density at radius 2 is 1.79 bits per heavy atom. The molecule has 1 nitrogen and oxygen atoms in total. The Kier molecular flexibility index (Phi) is 2.36. The van der Waals surface area contributed by atoms with Crippen molar-refractivity contribution in [3.05, 3.63) is 35.4 Å². The van der Waals surface area contributed by atoms with Gasteiger partial charge < -0.3 is 5.73 Å². The van der Waals surface area contributed by atoms with Crippen LogP contribution in [0.3, 0.4) is 0 Å². The van der Waals surface area contributed by atoms with Crippen LogP contribution in [-0.4, -0.2) is 5.54 Å². The molecule has 2 N–H and O–H groups in total. The lowest BCUT2D eigenvalue weighted by Crippen LogP contribution is -2.27. The van der Waals surface area contributed by atoms with Crippen LogP contribution in [0, 0.1) is 5.92 Å². The lowest BCUT2D eigenvalue weighted by Gasteiger charge is -2.10. The molecule has 0 aliphatic heterocycles. The van der Waals surface area contributed by atoms with Crippen LogP contribution in [0.25, 0.3) is 0 Å². The third kappa shape index (κ3) is 1.83. The van der Waals surface area contributed by atoms with Gasteiger partial charge in [-0.3, -0.25) is 0 Å². The van der Waals surface area contributed by atoms with E-state index in [1.54, 1.807) is 0 Å². The molecule has 0 spiro atoms. The van der Waals surface area contributed by atoms with Crippen molar-refractivity contribution in [3.8, 4) is 0 Å². The number of aryl methyl sites for hydroxylation is 1. The minimum absolute atomic E-state index is 0.105. The molecule has 0 bridgehead atoms. The van der Waals surface area contributed by atoms with E-state index >= 15 is 0 Å². The maximum Gasteiger partial charge on any atom is 0.0224 e. The lowest BCUT2D eigenvalue weighted by molar-refractivity contribution is 0.615. The molecular formula is C13H19N. The van der Waals surface area contributed by atoms with Gasteiger partial charge in [0, 0.05) is 5.54 Å². The first kappa shape index (κ1) is 9.72. The SMILES string of the molecule is CCc1ccc(CC2(N)CC2C)cc1. The predicted octanol–water partition coefficient (Wildman–Crippen LogP) is 2.53. The van der Waals surface area contributed by atoms with E-state index in [1.165, 1.54) is 17.5 Å². The van der Waals surface area contributed by atoms with Gasteiger partial charge in [-0.2, -0.15) is 0 Å². The van der Waals surface area contributed by atoms with Crippen molar-refractivity contribution in [2.24, 2.45) is 11.7 Å². The molecule has 0 aromatic heterocycles. The Hall–Kier alpha value is -0.820. The molecule has 0 heterocycles. The maximum atomic E-state index is 6.19. The van der Waals surface area contributed by atoms with Gasteiger partial charge in [0.2, 0.25) is 0 Å². The number of hydrogen-bond acceptors (Lipinski definition) is 1. The minimum atomic E-state index is 0.105. The Balaban J connectivity index is 2.04. The van der Waals surface area contributed by atoms with Crippen LogP contribution in [0.2, 0.25) is 0 Å². The molecular weight excluding hydrogens is 170 g/mol. The topological polar surface area (TPSA) is 26.0 Å². The molecule has 1 heteroatoms. The molecule has 1 aliphatic rings. The highest BCUT2D eigenvalue weighted by atomic mass is 14.8. The fourth-order valence-electron chi connectivity index (χ4n) is 2.03. The smallest absolute Gasteiger partial charge is 0.0224 e. The predicted molar refractivity (Wildman–Crippen MR) is 60.2 cm³/mol. The van der Waals surface area contributed by atoms with Crippen molar-refractivity contribution >= 4 is 0 Å². The molecule has 0 amide bonds. The van der Waals surface area contributed by atoms with Crippen molar-refractivity contribution in [2.45, 2.75) is 38.6 Å². The third-order valence-electron chi connectivity index (χ3n) is 3.47. The Morgan fingerprint density at radius 3 is 2.21 bits per heavy atom. The monoisotopic (exact) mass is 189 g/mol. The second-order valence-corrected chi connectivity index (χ2v) is 4.69. The van der Waals surface area contributed by atoms with Crippen LogP contribution >= 0.6 is 0 Å². The van der Waals surface area contributed by atoms with E-state index in [9.17, 15) is 0 Å². The van der Waals surface area contributed by atoms with E-state index in [0.29, 0.717) is 5.92 Å². The Morgan fingerprint density at radius 1 is 1.29 bits per heavy atom. The van der Waals surface area contributed by atoms with E-state index in [1.807, 2.05) is 0 Å². The van der Waals surface area contributed by atoms with Crippen molar-refractivity contribution in [2.75, 3.05) is 0 Å². The van der Waals surface area contributed by atoms with Gasteiger partial charge in [-0.25, -0.2) is 0 Å². The van der Waals surface area contributed by atoms with Crippen LogP contribution in [0.15, 0.2) is 24.3 Å². The molecule has 2 atom stereocenters. The first-order chi connectivity index (χ1) is 6.64. The summed E-state index contributed by atoms with van der Waals surface area (Å²) >= 11 is 0. The number of benzene rings is 1. The second-order valence-electron chi connectivity index (χ2n) is 4.69. The van der Waals surface area contributed by atoms with E-state index in [4.69, 9.17) is 5.73 Å². The van der Waals surface area contributed by atoms with Crippen molar-refractivity contribution in [1.82, 2.24) is 0 Å². The van der Waals surface area contributed by atoms with Crippen LogP contribution in [0.5, 0.6) is 0 Å². The average Bonchev–Trinajstić information content (AvgIpc) is 2.75. The maximum absolute atomic E-state index is 6.19. The summed E-state index contributed by atoms with van der Waals surface area (Å²) in [7, 11) is 0. The fourth-order valence-corrected chi connectivity index (χ4v) is 2.03. The minimum Gasteiger partial charge on any atom is -0.325 e. The zero-order chi connectivity index (χ0) is 10.2. The highest BCUT2D eigenvalue weighted by Crippen LogP contribution is 2.42. The summed E-state index contributed by atoms with van der Waals surface area (Å²) in [6.07, 6.45) is 3.34. The largest absolute Gasteiger partial charge is 0.325 e. The molecule has 1 aliphatic carbocycles. The first-order valence-electron chi connectivity index (χ1n) is 5.51. The zero-order valence-corrected chi connectivity index (χ0v) is 9.09. The molecule has 2 rings (SSSR count). The van der Waals surface area contributed by atoms with Crippen LogP contribution in [0.4, 0.5) is 0 Å².